The molecule has 4 atom stereocenters. The van der Waals surface area contributed by atoms with Gasteiger partial charge in [-0.25, -0.2) is 13.4 Å². The molecule has 12 nitrogen and oxygen atoms in total. The molecule has 2 aliphatic rings. The zero-order valence-electron chi connectivity index (χ0n) is 11.3. The predicted octanol–water partition coefficient (Wildman–Crippen LogP) is -2.38. The summed E-state index contributed by atoms with van der Waals surface area (Å²) in [6.07, 6.45) is -2.72. The van der Waals surface area contributed by atoms with E-state index in [0.29, 0.717) is 0 Å². The van der Waals surface area contributed by atoms with Crippen LogP contribution >= 0.6 is 0 Å². The first kappa shape index (κ1) is 14.5. The van der Waals surface area contributed by atoms with Gasteiger partial charge in [0.15, 0.2) is 23.5 Å². The lowest BCUT2D eigenvalue weighted by atomic mass is 10.1. The molecule has 0 unspecified atom stereocenters. The van der Waals surface area contributed by atoms with Gasteiger partial charge < -0.3 is 15.6 Å². The quantitative estimate of drug-likeness (QED) is 0.533. The number of anilines is 1. The number of fused-ring (bicyclic) bond motifs is 2. The van der Waals surface area contributed by atoms with Crippen molar-refractivity contribution in [2.45, 2.75) is 24.5 Å². The van der Waals surface area contributed by atoms with Crippen LogP contribution in [0.2, 0.25) is 0 Å². The summed E-state index contributed by atoms with van der Waals surface area (Å²) < 4.78 is 39.5. The summed E-state index contributed by atoms with van der Waals surface area (Å²) in [5.41, 5.74) is 5.08. The summed E-state index contributed by atoms with van der Waals surface area (Å²) in [4.78, 5) is 22.0. The molecule has 4 rings (SSSR count). The minimum atomic E-state index is -4.18. The van der Waals surface area contributed by atoms with Crippen LogP contribution in [0.5, 0.6) is 0 Å². The maximum atomic E-state index is 11.8. The summed E-state index contributed by atoms with van der Waals surface area (Å²) in [5, 5.41) is 9.33. The van der Waals surface area contributed by atoms with E-state index in [1.54, 1.807) is 0 Å². The van der Waals surface area contributed by atoms with Crippen LogP contribution in [0.4, 0.5) is 5.95 Å². The zero-order valence-corrected chi connectivity index (χ0v) is 12.1. The molecule has 0 aliphatic carbocycles. The van der Waals surface area contributed by atoms with E-state index in [-0.39, 0.29) is 17.1 Å². The first-order valence-corrected chi connectivity index (χ1v) is 7.83. The largest absolute Gasteiger partial charge is 0.400 e. The van der Waals surface area contributed by atoms with Crippen LogP contribution in [0.15, 0.2) is 11.1 Å². The zero-order chi connectivity index (χ0) is 16.4. The van der Waals surface area contributed by atoms with Crippen molar-refractivity contribution in [2.75, 3.05) is 12.3 Å². The lowest BCUT2D eigenvalue weighted by Gasteiger charge is -2.17. The molecule has 0 spiro atoms. The summed E-state index contributed by atoms with van der Waals surface area (Å²) in [6, 6.07) is 0. The number of rotatable bonds is 2. The number of nitrogens with one attached hydrogen (secondary N) is 1. The average Bonchev–Trinajstić information content (AvgIpc) is 3.09. The molecule has 4 heterocycles. The van der Waals surface area contributed by atoms with Gasteiger partial charge in [0.2, 0.25) is 5.95 Å². The highest BCUT2D eigenvalue weighted by Crippen LogP contribution is 2.40. The molecule has 124 valence electrons. The summed E-state index contributed by atoms with van der Waals surface area (Å²) in [5.74, 6) is -0.131. The predicted molar refractivity (Wildman–Crippen MR) is 72.2 cm³/mol. The fourth-order valence-electron chi connectivity index (χ4n) is 2.72. The monoisotopic (exact) mass is 345 g/mol. The maximum absolute atomic E-state index is 11.8. The second-order valence-electron chi connectivity index (χ2n) is 5.05. The first-order valence-electron chi connectivity index (χ1n) is 6.50. The Morgan fingerprint density at radius 1 is 1.39 bits per heavy atom. The van der Waals surface area contributed by atoms with Gasteiger partial charge in [-0.05, 0) is 0 Å². The molecule has 0 amide bonds. The molecule has 13 heteroatoms. The Morgan fingerprint density at radius 2 is 2.13 bits per heavy atom. The first-order chi connectivity index (χ1) is 10.9. The highest BCUT2D eigenvalue weighted by Gasteiger charge is 2.56. The summed E-state index contributed by atoms with van der Waals surface area (Å²) in [7, 11) is -4.18. The van der Waals surface area contributed by atoms with Gasteiger partial charge in [0.25, 0.3) is 5.56 Å². The van der Waals surface area contributed by atoms with Crippen LogP contribution in [-0.2, 0) is 23.5 Å². The van der Waals surface area contributed by atoms with E-state index in [1.807, 2.05) is 0 Å². The number of H-pyrrole nitrogens is 1. The Labute approximate surface area is 128 Å². The molecule has 2 aromatic rings. The van der Waals surface area contributed by atoms with Crippen molar-refractivity contribution < 1.29 is 26.6 Å². The highest BCUT2D eigenvalue weighted by atomic mass is 32.3. The maximum Gasteiger partial charge on any atom is 0.400 e. The number of hydrogen-bond donors (Lipinski definition) is 3. The fourth-order valence-corrected chi connectivity index (χ4v) is 3.75. The van der Waals surface area contributed by atoms with Crippen molar-refractivity contribution in [1.82, 2.24) is 19.5 Å². The van der Waals surface area contributed by atoms with Gasteiger partial charge in [0.05, 0.1) is 12.9 Å². The normalized spacial score (nSPS) is 32.4. The minimum absolute atomic E-state index is 0.00794. The Morgan fingerprint density at radius 3 is 2.87 bits per heavy atom. The van der Waals surface area contributed by atoms with Crippen molar-refractivity contribution in [1.29, 1.82) is 0 Å². The van der Waals surface area contributed by atoms with Gasteiger partial charge in [-0.2, -0.15) is 13.4 Å². The van der Waals surface area contributed by atoms with Crippen LogP contribution in [-0.4, -0.2) is 58.0 Å². The van der Waals surface area contributed by atoms with Crippen molar-refractivity contribution in [3.8, 4) is 0 Å². The molecule has 0 radical (unpaired) electrons. The second kappa shape index (κ2) is 4.72. The molecule has 2 saturated heterocycles. The number of imidazole rings is 1. The fraction of sp³-hybridized carbons (Fsp3) is 0.500. The summed E-state index contributed by atoms with van der Waals surface area (Å²) in [6.45, 7) is -0.473. The Balaban J connectivity index is 1.83. The van der Waals surface area contributed by atoms with Crippen LogP contribution in [0, 0.1) is 0 Å². The number of hydrogen-bond acceptors (Lipinski definition) is 10. The Hall–Kier alpha value is -2.06. The second-order valence-corrected chi connectivity index (χ2v) is 6.25. The van der Waals surface area contributed by atoms with E-state index in [0.717, 1.165) is 0 Å². The number of aliphatic hydroxyl groups is 1. The van der Waals surface area contributed by atoms with Gasteiger partial charge in [0.1, 0.15) is 12.2 Å². The molecule has 2 aliphatic heterocycles. The van der Waals surface area contributed by atoms with E-state index < -0.39 is 47.1 Å². The van der Waals surface area contributed by atoms with Crippen molar-refractivity contribution in [3.05, 3.63) is 16.7 Å². The van der Waals surface area contributed by atoms with Crippen molar-refractivity contribution in [2.24, 2.45) is 0 Å². The number of aromatic amines is 1. The smallest absolute Gasteiger partial charge is 0.394 e. The van der Waals surface area contributed by atoms with Crippen LogP contribution in [0.3, 0.4) is 0 Å². The molecule has 2 aromatic heterocycles. The topological polar surface area (TPSA) is 172 Å². The molecule has 2 fully saturated rings. The summed E-state index contributed by atoms with van der Waals surface area (Å²) >= 11 is 0. The number of nitrogens with zero attached hydrogens (tertiary/aromatic N) is 3. The molecule has 4 N–H and O–H groups in total. The number of aromatic nitrogens is 4. The Kier molecular flexibility index (Phi) is 2.98. The molecular weight excluding hydrogens is 334 g/mol. The minimum Gasteiger partial charge on any atom is -0.394 e. The van der Waals surface area contributed by atoms with E-state index in [2.05, 4.69) is 15.0 Å². The molecular formula is C10H11N5O7S. The van der Waals surface area contributed by atoms with E-state index in [9.17, 15) is 18.3 Å². The lowest BCUT2D eigenvalue weighted by molar-refractivity contribution is -0.0543. The van der Waals surface area contributed by atoms with Gasteiger partial charge in [-0.15, -0.1) is 0 Å². The van der Waals surface area contributed by atoms with Crippen LogP contribution in [0.25, 0.3) is 11.2 Å². The molecule has 23 heavy (non-hydrogen) atoms. The van der Waals surface area contributed by atoms with Crippen molar-refractivity contribution in [3.63, 3.8) is 0 Å². The molecule has 0 aromatic carbocycles. The van der Waals surface area contributed by atoms with E-state index >= 15 is 0 Å². The van der Waals surface area contributed by atoms with Crippen LogP contribution < -0.4 is 11.3 Å². The third kappa shape index (κ3) is 2.13. The number of nitrogen functional groups attached to an aromatic ring is 1. The van der Waals surface area contributed by atoms with Crippen molar-refractivity contribution >= 4 is 27.5 Å². The molecule has 0 saturated carbocycles. The number of ether oxygens (including phenoxy) is 1. The number of aliphatic hydroxyl groups excluding tert-OH is 1. The average molecular weight is 345 g/mol. The SMILES string of the molecule is Nc1nc2c(ncn2[C@@H]2O[C@H](CO)[C@H]3OS(=O)(=O)O[C@H]32)c(=O)[nH]1. The van der Waals surface area contributed by atoms with Crippen LogP contribution in [0.1, 0.15) is 6.23 Å². The third-order valence-corrected chi connectivity index (χ3v) is 4.56. The number of nitrogens with two attached hydrogens (primary N) is 1. The third-order valence-electron chi connectivity index (χ3n) is 3.65. The van der Waals surface area contributed by atoms with E-state index in [1.165, 1.54) is 10.9 Å². The van der Waals surface area contributed by atoms with Gasteiger partial charge >= 0.3 is 10.4 Å². The standard InChI is InChI=1S/C10H11N5O7S/c11-10-13-7-4(8(17)14-10)12-2-15(7)9-6-5(3(1-16)20-9)21-23(18,19)22-6/h2-3,5-6,9,16H,1H2,(H3,11,13,14,17)/t3-,5-,6-,9-/m1/s1. The highest BCUT2D eigenvalue weighted by molar-refractivity contribution is 7.82. The van der Waals surface area contributed by atoms with Gasteiger partial charge in [0, 0.05) is 0 Å². The Bertz CT molecular complexity index is 937. The lowest BCUT2D eigenvalue weighted by Crippen LogP contribution is -2.30. The van der Waals surface area contributed by atoms with E-state index in [4.69, 9.17) is 18.8 Å². The molecule has 0 bridgehead atoms. The van der Waals surface area contributed by atoms with Gasteiger partial charge in [-0.1, -0.05) is 0 Å². The van der Waals surface area contributed by atoms with Gasteiger partial charge in [-0.3, -0.25) is 14.3 Å².